The van der Waals surface area contributed by atoms with Crippen LogP contribution in [0.4, 0.5) is 0 Å². The number of phenols is 1. The lowest BCUT2D eigenvalue weighted by Crippen LogP contribution is -1.99. The van der Waals surface area contributed by atoms with Crippen LogP contribution >= 0.6 is 36.2 Å². The number of aromatic nitrogens is 4. The summed E-state index contributed by atoms with van der Waals surface area (Å²) in [6.07, 6.45) is 24.6. The SMILES string of the molecule is CCCCCCCCCCCCCCCCCCc1cc(S)c(Sc2nnnn2-c2ccccc2)c(Sc2ccc(CCC)cc2)c1O. The average Bonchev–Trinajstić information content (AvgIpc) is 3.57. The lowest BCUT2D eigenvalue weighted by molar-refractivity contribution is 0.448. The first-order valence-electron chi connectivity index (χ1n) is 18.5. The van der Waals surface area contributed by atoms with Crippen LogP contribution in [0.1, 0.15) is 134 Å². The fourth-order valence-electron chi connectivity index (χ4n) is 6.11. The van der Waals surface area contributed by atoms with Crippen LogP contribution in [0.2, 0.25) is 0 Å². The van der Waals surface area contributed by atoms with Gasteiger partial charge < -0.3 is 5.11 Å². The number of nitrogens with zero attached hydrogens (tertiary/aromatic N) is 4. The van der Waals surface area contributed by atoms with E-state index in [4.69, 9.17) is 12.6 Å². The van der Waals surface area contributed by atoms with Gasteiger partial charge in [-0.05, 0) is 82.9 Å². The number of benzene rings is 3. The number of tetrazole rings is 1. The molecule has 1 heterocycles. The van der Waals surface area contributed by atoms with Crippen LogP contribution < -0.4 is 0 Å². The number of unbranched alkanes of at least 4 members (excludes halogenated alkanes) is 15. The highest BCUT2D eigenvalue weighted by atomic mass is 32.2. The Hall–Kier alpha value is -2.42. The lowest BCUT2D eigenvalue weighted by Gasteiger charge is -2.17. The largest absolute Gasteiger partial charge is 0.506 e. The normalized spacial score (nSPS) is 11.4. The number of phenolic OH excluding ortho intramolecular Hbond substituents is 1. The van der Waals surface area contributed by atoms with E-state index in [2.05, 4.69) is 53.6 Å². The van der Waals surface area contributed by atoms with Gasteiger partial charge in [-0.1, -0.05) is 159 Å². The van der Waals surface area contributed by atoms with Gasteiger partial charge in [-0.15, -0.1) is 17.7 Å². The van der Waals surface area contributed by atoms with E-state index in [1.54, 1.807) is 16.4 Å². The molecule has 4 aromatic rings. The standard InChI is InChI=1S/C40H56N4OS3/c1-3-5-6-7-8-9-10-11-12-13-14-15-16-17-18-20-24-33-31-36(46)38(48-40-41-42-43-44(40)34-25-21-19-22-26-34)39(37(33)45)47-35-29-27-32(23-4-2)28-30-35/h19,21-22,25-31,45-46H,3-18,20,23-24H2,1-2H3. The van der Waals surface area contributed by atoms with Crippen molar-refractivity contribution >= 4 is 36.2 Å². The van der Waals surface area contributed by atoms with Crippen LogP contribution in [0, 0.1) is 0 Å². The monoisotopic (exact) mass is 704 g/mol. The Morgan fingerprint density at radius 1 is 0.646 bits per heavy atom. The second-order valence-corrected chi connectivity index (χ2v) is 15.5. The Kier molecular flexibility index (Phi) is 17.9. The quantitative estimate of drug-likeness (QED) is 0.0559. The van der Waals surface area contributed by atoms with E-state index in [9.17, 15) is 5.11 Å². The number of hydrogen-bond acceptors (Lipinski definition) is 7. The van der Waals surface area contributed by atoms with Crippen molar-refractivity contribution in [3.8, 4) is 11.4 Å². The van der Waals surface area contributed by atoms with Gasteiger partial charge in [-0.25, -0.2) is 0 Å². The molecule has 0 aliphatic rings. The maximum absolute atomic E-state index is 11.7. The second-order valence-electron chi connectivity index (χ2n) is 12.9. The molecule has 0 bridgehead atoms. The molecule has 0 amide bonds. The maximum atomic E-state index is 11.7. The van der Waals surface area contributed by atoms with Crippen LogP contribution in [0.15, 0.2) is 85.4 Å². The fraction of sp³-hybridized carbons (Fsp3) is 0.525. The summed E-state index contributed by atoms with van der Waals surface area (Å²) in [5, 5.41) is 24.9. The minimum Gasteiger partial charge on any atom is -0.506 e. The van der Waals surface area contributed by atoms with Crippen molar-refractivity contribution in [3.63, 3.8) is 0 Å². The molecule has 4 rings (SSSR count). The van der Waals surface area contributed by atoms with Crippen LogP contribution in [-0.2, 0) is 12.8 Å². The van der Waals surface area contributed by atoms with E-state index in [1.165, 1.54) is 114 Å². The fourth-order valence-corrected chi connectivity index (χ4v) is 8.62. The molecule has 0 atom stereocenters. The van der Waals surface area contributed by atoms with E-state index >= 15 is 0 Å². The van der Waals surface area contributed by atoms with E-state index in [0.717, 1.165) is 56.5 Å². The first kappa shape index (κ1) is 38.4. The average molecular weight is 705 g/mol. The predicted molar refractivity (Wildman–Crippen MR) is 206 cm³/mol. The Balaban J connectivity index is 1.31. The van der Waals surface area contributed by atoms with Gasteiger partial charge >= 0.3 is 0 Å². The molecule has 48 heavy (non-hydrogen) atoms. The van der Waals surface area contributed by atoms with Gasteiger partial charge in [0.15, 0.2) is 0 Å². The molecule has 0 fully saturated rings. The van der Waals surface area contributed by atoms with Crippen molar-refractivity contribution in [1.82, 2.24) is 20.2 Å². The number of aromatic hydroxyl groups is 1. The van der Waals surface area contributed by atoms with Gasteiger partial charge in [-0.2, -0.15) is 4.68 Å². The smallest absolute Gasteiger partial charge is 0.218 e. The molecule has 260 valence electrons. The van der Waals surface area contributed by atoms with Gasteiger partial charge in [0, 0.05) is 14.7 Å². The number of hydrogen-bond donors (Lipinski definition) is 2. The summed E-state index contributed by atoms with van der Waals surface area (Å²) in [6, 6.07) is 20.6. The highest BCUT2D eigenvalue weighted by molar-refractivity contribution is 8.02. The van der Waals surface area contributed by atoms with Gasteiger partial charge in [0.2, 0.25) is 5.16 Å². The Morgan fingerprint density at radius 2 is 1.23 bits per heavy atom. The highest BCUT2D eigenvalue weighted by Crippen LogP contribution is 2.48. The van der Waals surface area contributed by atoms with Gasteiger partial charge in [0.05, 0.1) is 10.6 Å². The first-order chi connectivity index (χ1) is 23.6. The van der Waals surface area contributed by atoms with Crippen molar-refractivity contribution < 1.29 is 5.11 Å². The zero-order chi connectivity index (χ0) is 33.8. The summed E-state index contributed by atoms with van der Waals surface area (Å²) < 4.78 is 1.73. The van der Waals surface area contributed by atoms with Crippen LogP contribution in [-0.4, -0.2) is 25.3 Å². The zero-order valence-electron chi connectivity index (χ0n) is 29.2. The summed E-state index contributed by atoms with van der Waals surface area (Å²) in [5.41, 5.74) is 3.17. The van der Waals surface area contributed by atoms with E-state index in [-0.39, 0.29) is 0 Å². The Labute approximate surface area is 303 Å². The zero-order valence-corrected chi connectivity index (χ0v) is 31.7. The molecule has 0 spiro atoms. The van der Waals surface area contributed by atoms with Crippen molar-refractivity contribution in [1.29, 1.82) is 0 Å². The van der Waals surface area contributed by atoms with Gasteiger partial charge in [0.25, 0.3) is 0 Å². The molecule has 0 saturated heterocycles. The lowest BCUT2D eigenvalue weighted by atomic mass is 10.0. The van der Waals surface area contributed by atoms with Crippen molar-refractivity contribution in [2.45, 2.75) is 161 Å². The van der Waals surface area contributed by atoms with E-state index in [1.807, 2.05) is 36.4 Å². The Bertz CT molecular complexity index is 1460. The van der Waals surface area contributed by atoms with Crippen LogP contribution in [0.5, 0.6) is 5.75 Å². The van der Waals surface area contributed by atoms with Crippen molar-refractivity contribution in [3.05, 3.63) is 71.8 Å². The molecular weight excluding hydrogens is 649 g/mol. The molecular formula is C40H56N4OS3. The molecule has 0 radical (unpaired) electrons. The molecule has 0 unspecified atom stereocenters. The number of para-hydroxylation sites is 1. The third-order valence-electron chi connectivity index (χ3n) is 8.89. The third-order valence-corrected chi connectivity index (χ3v) is 11.7. The number of aryl methyl sites for hydroxylation is 2. The minimum absolute atomic E-state index is 0.345. The van der Waals surface area contributed by atoms with E-state index in [0.29, 0.717) is 10.9 Å². The van der Waals surface area contributed by atoms with E-state index < -0.39 is 0 Å². The highest BCUT2D eigenvalue weighted by Gasteiger charge is 2.21. The summed E-state index contributed by atoms with van der Waals surface area (Å²) in [5.74, 6) is 0.345. The molecule has 0 aliphatic carbocycles. The number of rotatable bonds is 24. The van der Waals surface area contributed by atoms with Crippen molar-refractivity contribution in [2.24, 2.45) is 0 Å². The minimum atomic E-state index is 0.345. The van der Waals surface area contributed by atoms with Gasteiger partial charge in [0.1, 0.15) is 5.75 Å². The summed E-state index contributed by atoms with van der Waals surface area (Å²) in [4.78, 5) is 3.59. The molecule has 5 nitrogen and oxygen atoms in total. The first-order valence-corrected chi connectivity index (χ1v) is 20.5. The molecule has 0 saturated carbocycles. The number of thiol groups is 1. The van der Waals surface area contributed by atoms with Gasteiger partial charge in [-0.3, -0.25) is 0 Å². The summed E-state index contributed by atoms with van der Waals surface area (Å²) in [6.45, 7) is 4.49. The topological polar surface area (TPSA) is 63.8 Å². The Morgan fingerprint density at radius 3 is 1.81 bits per heavy atom. The molecule has 8 heteroatoms. The molecule has 1 N–H and O–H groups in total. The molecule has 3 aromatic carbocycles. The summed E-state index contributed by atoms with van der Waals surface area (Å²) in [7, 11) is 0. The third kappa shape index (κ3) is 12.8. The molecule has 0 aliphatic heterocycles. The van der Waals surface area contributed by atoms with Crippen LogP contribution in [0.25, 0.3) is 5.69 Å². The predicted octanol–water partition coefficient (Wildman–Crippen LogP) is 12.7. The molecule has 1 aromatic heterocycles. The maximum Gasteiger partial charge on any atom is 0.218 e. The second kappa shape index (κ2) is 22.3. The van der Waals surface area contributed by atoms with Crippen molar-refractivity contribution in [2.75, 3.05) is 0 Å². The summed E-state index contributed by atoms with van der Waals surface area (Å²) >= 11 is 7.99. The van der Waals surface area contributed by atoms with Crippen LogP contribution in [0.3, 0.4) is 0 Å².